The van der Waals surface area contributed by atoms with Gasteiger partial charge in [0, 0.05) is 5.92 Å². The summed E-state index contributed by atoms with van der Waals surface area (Å²) in [5.74, 6) is -2.46. The summed E-state index contributed by atoms with van der Waals surface area (Å²) in [4.78, 5) is 11.6. The molecular weight excluding hydrogens is 264 g/mol. The van der Waals surface area contributed by atoms with Crippen molar-refractivity contribution in [1.82, 2.24) is 0 Å². The zero-order valence-electron chi connectivity index (χ0n) is 10.1. The second kappa shape index (κ2) is 4.83. The van der Waals surface area contributed by atoms with Crippen molar-refractivity contribution in [2.45, 2.75) is 32.0 Å². The number of hydrogen-bond donors (Lipinski definition) is 0. The van der Waals surface area contributed by atoms with Gasteiger partial charge in [0.2, 0.25) is 0 Å². The number of carbonyl (C=O) groups is 1. The van der Waals surface area contributed by atoms with Crippen LogP contribution in [0.4, 0.5) is 17.6 Å². The summed E-state index contributed by atoms with van der Waals surface area (Å²) in [7, 11) is 0. The molecule has 19 heavy (non-hydrogen) atoms. The van der Waals surface area contributed by atoms with Gasteiger partial charge >= 0.3 is 12.1 Å². The molecule has 1 saturated carbocycles. The maximum atomic E-state index is 13.3. The summed E-state index contributed by atoms with van der Waals surface area (Å²) in [6.45, 7) is 1.49. The highest BCUT2D eigenvalue weighted by atomic mass is 19.4. The minimum atomic E-state index is -4.58. The van der Waals surface area contributed by atoms with E-state index >= 15 is 0 Å². The number of alkyl halides is 3. The first-order valence-corrected chi connectivity index (χ1v) is 5.83. The van der Waals surface area contributed by atoms with Crippen LogP contribution in [0.25, 0.3) is 0 Å². The Balaban J connectivity index is 2.13. The zero-order valence-corrected chi connectivity index (χ0v) is 10.1. The van der Waals surface area contributed by atoms with Crippen LogP contribution in [-0.4, -0.2) is 18.2 Å². The Bertz CT molecular complexity index is 492. The second-order valence-corrected chi connectivity index (χ2v) is 4.67. The lowest BCUT2D eigenvalue weighted by molar-refractivity contribution is -0.210. The molecule has 0 N–H and O–H groups in total. The van der Waals surface area contributed by atoms with Crippen LogP contribution in [0.1, 0.15) is 28.8 Å². The lowest BCUT2D eigenvalue weighted by Crippen LogP contribution is -2.35. The Labute approximate surface area is 107 Å². The van der Waals surface area contributed by atoms with Crippen molar-refractivity contribution in [1.29, 1.82) is 0 Å². The summed E-state index contributed by atoms with van der Waals surface area (Å²) in [5, 5.41) is 0. The van der Waals surface area contributed by atoms with Gasteiger partial charge in [0.25, 0.3) is 0 Å². The van der Waals surface area contributed by atoms with Crippen LogP contribution in [0.5, 0.6) is 0 Å². The van der Waals surface area contributed by atoms with Gasteiger partial charge in [-0.1, -0.05) is 6.07 Å². The van der Waals surface area contributed by atoms with E-state index in [2.05, 4.69) is 4.74 Å². The molecule has 0 amide bonds. The first-order valence-electron chi connectivity index (χ1n) is 5.83. The molecule has 1 fully saturated rings. The average molecular weight is 276 g/mol. The van der Waals surface area contributed by atoms with Gasteiger partial charge in [-0.3, -0.25) is 0 Å². The summed E-state index contributed by atoms with van der Waals surface area (Å²) in [6.07, 6.45) is -5.90. The van der Waals surface area contributed by atoms with Gasteiger partial charge < -0.3 is 4.74 Å². The number of esters is 1. The zero-order chi connectivity index (χ0) is 14.2. The lowest BCUT2D eigenvalue weighted by Gasteiger charge is -2.20. The third kappa shape index (κ3) is 3.24. The Morgan fingerprint density at radius 3 is 2.47 bits per heavy atom. The molecule has 0 heterocycles. The molecule has 0 aliphatic heterocycles. The van der Waals surface area contributed by atoms with E-state index in [1.165, 1.54) is 19.1 Å². The molecule has 0 saturated heterocycles. The Hall–Kier alpha value is -1.59. The largest absolute Gasteiger partial charge is 0.449 e. The monoisotopic (exact) mass is 276 g/mol. The molecule has 0 aromatic heterocycles. The van der Waals surface area contributed by atoms with Crippen LogP contribution >= 0.6 is 0 Å². The van der Waals surface area contributed by atoms with E-state index in [1.807, 2.05) is 0 Å². The number of carbonyl (C=O) groups excluding carboxylic acids is 1. The fraction of sp³-hybridized carbons (Fsp3) is 0.462. The Morgan fingerprint density at radius 2 is 2.00 bits per heavy atom. The van der Waals surface area contributed by atoms with E-state index in [4.69, 9.17) is 0 Å². The average Bonchev–Trinajstić information content (AvgIpc) is 3.11. The predicted octanol–water partition coefficient (Wildman–Crippen LogP) is 3.63. The standard InChI is InChI=1S/C13H12F4O2/c1-7-2-3-9(6-10(7)14)12(18)19-11(8-4-5-8)13(15,16)17/h2-3,6,8,11H,4-5H2,1H3/t11-/m1/s1. The van der Waals surface area contributed by atoms with Gasteiger partial charge in [-0.2, -0.15) is 13.2 Å². The number of halogens is 4. The minimum Gasteiger partial charge on any atom is -0.449 e. The quantitative estimate of drug-likeness (QED) is 0.622. The van der Waals surface area contributed by atoms with Crippen molar-refractivity contribution in [2.24, 2.45) is 5.92 Å². The van der Waals surface area contributed by atoms with Crippen molar-refractivity contribution in [3.8, 4) is 0 Å². The van der Waals surface area contributed by atoms with E-state index in [0.717, 1.165) is 6.07 Å². The van der Waals surface area contributed by atoms with Crippen LogP contribution in [0.15, 0.2) is 18.2 Å². The van der Waals surface area contributed by atoms with Crippen molar-refractivity contribution in [3.63, 3.8) is 0 Å². The number of rotatable bonds is 3. The molecule has 0 spiro atoms. The van der Waals surface area contributed by atoms with Crippen LogP contribution in [0, 0.1) is 18.7 Å². The Kier molecular flexibility index (Phi) is 3.52. The van der Waals surface area contributed by atoms with Crippen LogP contribution in [-0.2, 0) is 4.74 Å². The molecular formula is C13H12F4O2. The van der Waals surface area contributed by atoms with E-state index in [9.17, 15) is 22.4 Å². The topological polar surface area (TPSA) is 26.3 Å². The fourth-order valence-corrected chi connectivity index (χ4v) is 1.73. The first kappa shape index (κ1) is 13.8. The summed E-state index contributed by atoms with van der Waals surface area (Å²) >= 11 is 0. The van der Waals surface area contributed by atoms with Gasteiger partial charge in [-0.25, -0.2) is 9.18 Å². The molecule has 104 valence electrons. The number of hydrogen-bond acceptors (Lipinski definition) is 2. The molecule has 0 radical (unpaired) electrons. The van der Waals surface area contributed by atoms with Crippen LogP contribution in [0.2, 0.25) is 0 Å². The normalized spacial score (nSPS) is 17.1. The highest BCUT2D eigenvalue weighted by molar-refractivity contribution is 5.89. The molecule has 1 aromatic rings. The van der Waals surface area contributed by atoms with Crippen molar-refractivity contribution in [2.75, 3.05) is 0 Å². The second-order valence-electron chi connectivity index (χ2n) is 4.67. The van der Waals surface area contributed by atoms with E-state index in [1.54, 1.807) is 0 Å². The molecule has 2 rings (SSSR count). The minimum absolute atomic E-state index is 0.210. The number of ether oxygens (including phenoxy) is 1. The highest BCUT2D eigenvalue weighted by Gasteiger charge is 2.51. The predicted molar refractivity (Wildman–Crippen MR) is 59.1 cm³/mol. The summed E-state index contributed by atoms with van der Waals surface area (Å²) in [5.41, 5.74) is 0.101. The van der Waals surface area contributed by atoms with E-state index < -0.39 is 30.0 Å². The van der Waals surface area contributed by atoms with Gasteiger partial charge in [0.1, 0.15) is 5.82 Å². The van der Waals surface area contributed by atoms with Gasteiger partial charge in [0.05, 0.1) is 5.56 Å². The molecule has 1 aliphatic rings. The molecule has 0 bridgehead atoms. The smallest absolute Gasteiger partial charge is 0.425 e. The summed E-state index contributed by atoms with van der Waals surface area (Å²) < 4.78 is 55.8. The SMILES string of the molecule is Cc1ccc(C(=O)O[C@H](C2CC2)C(F)(F)F)cc1F. The molecule has 6 heteroatoms. The van der Waals surface area contributed by atoms with Crippen LogP contribution in [0.3, 0.4) is 0 Å². The lowest BCUT2D eigenvalue weighted by atomic mass is 10.1. The molecule has 0 unspecified atom stereocenters. The van der Waals surface area contributed by atoms with Gasteiger partial charge in [-0.05, 0) is 37.5 Å². The van der Waals surface area contributed by atoms with E-state index in [-0.39, 0.29) is 5.56 Å². The Morgan fingerprint density at radius 1 is 1.37 bits per heavy atom. The number of aryl methyl sites for hydroxylation is 1. The van der Waals surface area contributed by atoms with Crippen LogP contribution < -0.4 is 0 Å². The molecule has 1 atom stereocenters. The molecule has 2 nitrogen and oxygen atoms in total. The maximum absolute atomic E-state index is 13.3. The van der Waals surface area contributed by atoms with Crippen molar-refractivity contribution < 1.29 is 27.1 Å². The maximum Gasteiger partial charge on any atom is 0.425 e. The molecule has 1 aromatic carbocycles. The van der Waals surface area contributed by atoms with E-state index in [0.29, 0.717) is 18.4 Å². The van der Waals surface area contributed by atoms with Gasteiger partial charge in [0.15, 0.2) is 6.10 Å². The number of benzene rings is 1. The fourth-order valence-electron chi connectivity index (χ4n) is 1.73. The summed E-state index contributed by atoms with van der Waals surface area (Å²) in [6, 6.07) is 3.46. The third-order valence-corrected chi connectivity index (χ3v) is 3.01. The van der Waals surface area contributed by atoms with Crippen molar-refractivity contribution >= 4 is 5.97 Å². The van der Waals surface area contributed by atoms with Gasteiger partial charge in [-0.15, -0.1) is 0 Å². The highest BCUT2D eigenvalue weighted by Crippen LogP contribution is 2.42. The third-order valence-electron chi connectivity index (χ3n) is 3.01. The van der Waals surface area contributed by atoms with Crippen molar-refractivity contribution in [3.05, 3.63) is 35.1 Å². The first-order chi connectivity index (χ1) is 8.79. The molecule has 1 aliphatic carbocycles.